The molecule has 22 heavy (non-hydrogen) atoms. The Morgan fingerprint density at radius 2 is 2.09 bits per heavy atom. The van der Waals surface area contributed by atoms with E-state index in [0.29, 0.717) is 10.2 Å². The maximum absolute atomic E-state index is 12.0. The summed E-state index contributed by atoms with van der Waals surface area (Å²) in [7, 11) is 0. The molecule has 0 bridgehead atoms. The van der Waals surface area contributed by atoms with Crippen LogP contribution >= 0.6 is 15.9 Å². The van der Waals surface area contributed by atoms with Gasteiger partial charge in [-0.1, -0.05) is 0 Å². The van der Waals surface area contributed by atoms with Gasteiger partial charge in [0.15, 0.2) is 5.69 Å². The zero-order chi connectivity index (χ0) is 16.9. The van der Waals surface area contributed by atoms with Crippen LogP contribution in [0.1, 0.15) is 51.1 Å². The summed E-state index contributed by atoms with van der Waals surface area (Å²) >= 11 is 3.28. The summed E-state index contributed by atoms with van der Waals surface area (Å²) in [5, 5.41) is 6.80. The van der Waals surface area contributed by atoms with Crippen molar-refractivity contribution in [2.45, 2.75) is 46.3 Å². The molecule has 0 fully saturated rings. The van der Waals surface area contributed by atoms with Gasteiger partial charge >= 0.3 is 12.1 Å². The number of alkyl carbamates (subject to hydrolysis) is 1. The first-order valence-corrected chi connectivity index (χ1v) is 7.82. The molecule has 0 unspecified atom stereocenters. The van der Waals surface area contributed by atoms with E-state index in [9.17, 15) is 9.59 Å². The molecule has 0 saturated heterocycles. The predicted molar refractivity (Wildman–Crippen MR) is 84.8 cm³/mol. The third-order valence-corrected chi connectivity index (χ3v) is 3.16. The second-order valence-corrected chi connectivity index (χ2v) is 6.59. The fourth-order valence-electron chi connectivity index (χ4n) is 1.70. The van der Waals surface area contributed by atoms with E-state index >= 15 is 0 Å². The van der Waals surface area contributed by atoms with Crippen LogP contribution in [0.3, 0.4) is 0 Å². The molecule has 0 aliphatic rings. The Balaban J connectivity index is 2.72. The zero-order valence-electron chi connectivity index (χ0n) is 13.5. The van der Waals surface area contributed by atoms with Crippen LogP contribution in [-0.4, -0.2) is 40.6 Å². The molecule has 1 amide bonds. The minimum absolute atomic E-state index is 0.238. The molecule has 1 aromatic heterocycles. The number of hydrogen-bond donors (Lipinski definition) is 1. The average molecular weight is 376 g/mol. The third kappa shape index (κ3) is 5.32. The monoisotopic (exact) mass is 375 g/mol. The number of rotatable bonds is 5. The number of halogens is 1. The van der Waals surface area contributed by atoms with Crippen molar-refractivity contribution in [2.24, 2.45) is 0 Å². The van der Waals surface area contributed by atoms with E-state index in [1.54, 1.807) is 27.7 Å². The van der Waals surface area contributed by atoms with Gasteiger partial charge in [-0.05, 0) is 50.5 Å². The number of nitrogens with zero attached hydrogens (tertiary/aromatic N) is 2. The van der Waals surface area contributed by atoms with Gasteiger partial charge in [-0.3, -0.25) is 4.68 Å². The number of aromatic nitrogens is 2. The Morgan fingerprint density at radius 3 is 2.64 bits per heavy atom. The van der Waals surface area contributed by atoms with Crippen molar-refractivity contribution in [1.29, 1.82) is 0 Å². The number of nitrogens with one attached hydrogen (secondary N) is 1. The van der Waals surface area contributed by atoms with Gasteiger partial charge < -0.3 is 14.8 Å². The van der Waals surface area contributed by atoms with Crippen molar-refractivity contribution in [3.8, 4) is 0 Å². The molecular weight excluding hydrogens is 354 g/mol. The summed E-state index contributed by atoms with van der Waals surface area (Å²) in [5.74, 6) is -0.462. The summed E-state index contributed by atoms with van der Waals surface area (Å²) in [6.07, 6.45) is 1.01. The molecule has 7 nitrogen and oxygen atoms in total. The summed E-state index contributed by atoms with van der Waals surface area (Å²) < 4.78 is 12.2. The van der Waals surface area contributed by atoms with E-state index < -0.39 is 17.7 Å². The topological polar surface area (TPSA) is 82.5 Å². The van der Waals surface area contributed by atoms with Crippen molar-refractivity contribution in [1.82, 2.24) is 15.1 Å². The first-order valence-electron chi connectivity index (χ1n) is 7.02. The van der Waals surface area contributed by atoms with Crippen molar-refractivity contribution < 1.29 is 19.1 Å². The van der Waals surface area contributed by atoms with Gasteiger partial charge in [0, 0.05) is 6.54 Å². The molecule has 0 spiro atoms. The van der Waals surface area contributed by atoms with Crippen LogP contribution in [0.15, 0.2) is 10.7 Å². The van der Waals surface area contributed by atoms with Gasteiger partial charge in [-0.25, -0.2) is 9.59 Å². The van der Waals surface area contributed by atoms with Crippen molar-refractivity contribution >= 4 is 28.0 Å². The lowest BCUT2D eigenvalue weighted by Crippen LogP contribution is -2.36. The lowest BCUT2D eigenvalue weighted by molar-refractivity contribution is 0.0507. The van der Waals surface area contributed by atoms with E-state index in [-0.39, 0.29) is 19.2 Å². The summed E-state index contributed by atoms with van der Waals surface area (Å²) in [6.45, 7) is 9.49. The fraction of sp³-hybridized carbons (Fsp3) is 0.643. The van der Waals surface area contributed by atoms with Crippen molar-refractivity contribution in [3.63, 3.8) is 0 Å². The predicted octanol–water partition coefficient (Wildman–Crippen LogP) is 2.91. The van der Waals surface area contributed by atoms with E-state index in [4.69, 9.17) is 9.47 Å². The van der Waals surface area contributed by atoms with Crippen LogP contribution in [0.25, 0.3) is 0 Å². The minimum Gasteiger partial charge on any atom is -0.461 e. The van der Waals surface area contributed by atoms with Crippen LogP contribution in [-0.2, 0) is 9.47 Å². The Bertz CT molecular complexity index is 537. The number of ether oxygens (including phenoxy) is 2. The van der Waals surface area contributed by atoms with Crippen molar-refractivity contribution in [2.75, 3.05) is 13.2 Å². The molecule has 0 aromatic carbocycles. The van der Waals surface area contributed by atoms with E-state index in [0.717, 1.165) is 0 Å². The molecule has 8 heteroatoms. The number of amides is 1. The van der Waals surface area contributed by atoms with E-state index in [1.807, 2.05) is 6.92 Å². The normalized spacial score (nSPS) is 12.6. The summed E-state index contributed by atoms with van der Waals surface area (Å²) in [6, 6.07) is -0.238. The Hall–Kier alpha value is -1.57. The van der Waals surface area contributed by atoms with Crippen molar-refractivity contribution in [3.05, 3.63) is 16.4 Å². The highest BCUT2D eigenvalue weighted by Gasteiger charge is 2.23. The highest BCUT2D eigenvalue weighted by atomic mass is 79.9. The Labute approximate surface area is 138 Å². The van der Waals surface area contributed by atoms with Gasteiger partial charge in [0.1, 0.15) is 5.60 Å². The van der Waals surface area contributed by atoms with Crippen LogP contribution < -0.4 is 5.32 Å². The quantitative estimate of drug-likeness (QED) is 0.799. The van der Waals surface area contributed by atoms with Crippen LogP contribution in [0.4, 0.5) is 4.79 Å². The average Bonchev–Trinajstić information content (AvgIpc) is 2.76. The lowest BCUT2D eigenvalue weighted by atomic mass is 10.2. The summed E-state index contributed by atoms with van der Waals surface area (Å²) in [4.78, 5) is 23.6. The van der Waals surface area contributed by atoms with Crippen LogP contribution in [0, 0.1) is 0 Å². The van der Waals surface area contributed by atoms with Crippen LogP contribution in [0.5, 0.6) is 0 Å². The second-order valence-electron chi connectivity index (χ2n) is 5.74. The molecule has 0 aliphatic carbocycles. The first kappa shape index (κ1) is 18.5. The molecule has 0 radical (unpaired) electrons. The minimum atomic E-state index is -0.557. The van der Waals surface area contributed by atoms with Gasteiger partial charge in [0.05, 0.1) is 23.3 Å². The largest absolute Gasteiger partial charge is 0.461 e. The lowest BCUT2D eigenvalue weighted by Gasteiger charge is -2.21. The highest BCUT2D eigenvalue weighted by Crippen LogP contribution is 2.20. The number of esters is 1. The number of carbonyl (C=O) groups is 2. The molecule has 1 heterocycles. The van der Waals surface area contributed by atoms with Gasteiger partial charge in [-0.2, -0.15) is 5.10 Å². The maximum Gasteiger partial charge on any atom is 0.407 e. The molecule has 1 atom stereocenters. The molecule has 1 aromatic rings. The van der Waals surface area contributed by atoms with Crippen LogP contribution in [0.2, 0.25) is 0 Å². The molecular formula is C14H22BrN3O4. The van der Waals surface area contributed by atoms with E-state index in [1.165, 1.54) is 10.9 Å². The molecule has 0 aliphatic heterocycles. The van der Waals surface area contributed by atoms with Gasteiger partial charge in [0.25, 0.3) is 0 Å². The van der Waals surface area contributed by atoms with Gasteiger partial charge in [0.2, 0.25) is 0 Å². The fourth-order valence-corrected chi connectivity index (χ4v) is 2.13. The standard InChI is InChI=1S/C14H22BrN3O4/c1-6-21-12(19)11-10(15)8-17-18(11)9(2)7-16-13(20)22-14(3,4)5/h8-9H,6-7H2,1-5H3,(H,16,20)/t9-/m0/s1. The number of hydrogen-bond acceptors (Lipinski definition) is 5. The Morgan fingerprint density at radius 1 is 1.45 bits per heavy atom. The number of carbonyl (C=O) groups excluding carboxylic acids is 2. The zero-order valence-corrected chi connectivity index (χ0v) is 15.1. The first-order chi connectivity index (χ1) is 10.2. The van der Waals surface area contributed by atoms with Gasteiger partial charge in [-0.15, -0.1) is 0 Å². The molecule has 0 saturated carbocycles. The molecule has 124 valence electrons. The summed E-state index contributed by atoms with van der Waals surface area (Å²) in [5.41, 5.74) is -0.238. The third-order valence-electron chi connectivity index (χ3n) is 2.58. The SMILES string of the molecule is CCOC(=O)c1c(Br)cnn1[C@@H](C)CNC(=O)OC(C)(C)C. The highest BCUT2D eigenvalue weighted by molar-refractivity contribution is 9.10. The Kier molecular flexibility index (Phi) is 6.40. The van der Waals surface area contributed by atoms with E-state index in [2.05, 4.69) is 26.3 Å². The molecule has 1 rings (SSSR count). The smallest absolute Gasteiger partial charge is 0.407 e. The maximum atomic E-state index is 12.0. The molecule has 1 N–H and O–H groups in total. The second kappa shape index (κ2) is 7.62.